The number of rotatable bonds is 11. The molecular formula is C26H29F8N7O2. The van der Waals surface area contributed by atoms with Crippen molar-refractivity contribution in [3.8, 4) is 0 Å². The van der Waals surface area contributed by atoms with E-state index in [9.17, 15) is 40.3 Å². The van der Waals surface area contributed by atoms with E-state index in [1.54, 1.807) is 13.8 Å². The van der Waals surface area contributed by atoms with E-state index in [4.69, 9.17) is 0 Å². The summed E-state index contributed by atoms with van der Waals surface area (Å²) in [5, 5.41) is 8.00. The summed E-state index contributed by atoms with van der Waals surface area (Å²) in [5.74, 6) is -9.17. The average Bonchev–Trinajstić information content (AvgIpc) is 3.59. The Morgan fingerprint density at radius 2 is 1.77 bits per heavy atom. The number of halogens is 8. The Hall–Kier alpha value is -3.79. The maximum atomic E-state index is 15.7. The third-order valence-electron chi connectivity index (χ3n) is 7.33. The number of fused-ring (bicyclic) bond motifs is 1. The van der Waals surface area contributed by atoms with Crippen molar-refractivity contribution in [1.82, 2.24) is 35.4 Å². The Bertz CT molecular complexity index is 1430. The molecule has 3 N–H and O–H groups in total. The molecule has 0 radical (unpaired) electrons. The normalized spacial score (nSPS) is 17.9. The number of benzene rings is 1. The standard InChI is InChI=1S/C26H29F8N7O2/c1-11(2)41-23(35-10-36-41)25(43)39-18(12-5-7-26(33,34)8-6-12)22-37-15-4-3-13(17(29)19(15)38-22)14(9-16(27)28)24(42)40-21(32)20(30)31/h3-4,10-12,14,16,18,20-21H,5-9H2,1-2H3,(H,37,38)(H,39,43)(H,40,42)/t14-,18-,21?/m0/s1. The van der Waals surface area contributed by atoms with Crippen molar-refractivity contribution in [2.24, 2.45) is 5.92 Å². The molecule has 4 rings (SSSR count). The number of imidazole rings is 1. The summed E-state index contributed by atoms with van der Waals surface area (Å²) in [5.41, 5.74) is -1.09. The fraction of sp³-hybridized carbons (Fsp3) is 0.577. The number of carbonyl (C=O) groups is 2. The first-order valence-electron chi connectivity index (χ1n) is 13.5. The predicted molar refractivity (Wildman–Crippen MR) is 136 cm³/mol. The van der Waals surface area contributed by atoms with Crippen molar-refractivity contribution in [2.75, 3.05) is 0 Å². The lowest BCUT2D eigenvalue weighted by molar-refractivity contribution is -0.127. The Morgan fingerprint density at radius 3 is 2.37 bits per heavy atom. The molecule has 1 fully saturated rings. The number of aromatic nitrogens is 5. The van der Waals surface area contributed by atoms with E-state index in [1.807, 2.05) is 0 Å². The topological polar surface area (TPSA) is 118 Å². The van der Waals surface area contributed by atoms with Crippen LogP contribution in [0, 0.1) is 11.7 Å². The fourth-order valence-electron chi connectivity index (χ4n) is 5.15. The molecular weight excluding hydrogens is 594 g/mol. The van der Waals surface area contributed by atoms with Gasteiger partial charge in [-0.1, -0.05) is 6.07 Å². The molecule has 1 saturated carbocycles. The maximum Gasteiger partial charge on any atom is 0.289 e. The highest BCUT2D eigenvalue weighted by Crippen LogP contribution is 2.41. The van der Waals surface area contributed by atoms with Gasteiger partial charge in [0.05, 0.1) is 17.5 Å². The minimum absolute atomic E-state index is 0.00846. The van der Waals surface area contributed by atoms with Crippen molar-refractivity contribution in [3.63, 3.8) is 0 Å². The van der Waals surface area contributed by atoms with Gasteiger partial charge >= 0.3 is 0 Å². The second-order valence-corrected chi connectivity index (χ2v) is 10.7. The van der Waals surface area contributed by atoms with Crippen molar-refractivity contribution in [3.05, 3.63) is 41.5 Å². The molecule has 0 aliphatic heterocycles. The molecule has 43 heavy (non-hydrogen) atoms. The van der Waals surface area contributed by atoms with E-state index >= 15 is 4.39 Å². The van der Waals surface area contributed by atoms with Crippen LogP contribution < -0.4 is 10.6 Å². The van der Waals surface area contributed by atoms with Crippen LogP contribution in [-0.4, -0.2) is 61.6 Å². The molecule has 1 unspecified atom stereocenters. The number of aromatic amines is 1. The highest BCUT2D eigenvalue weighted by Gasteiger charge is 2.40. The molecule has 2 heterocycles. The fourth-order valence-corrected chi connectivity index (χ4v) is 5.15. The van der Waals surface area contributed by atoms with Crippen molar-refractivity contribution >= 4 is 22.8 Å². The highest BCUT2D eigenvalue weighted by molar-refractivity contribution is 5.91. The first kappa shape index (κ1) is 32.1. The molecule has 1 aliphatic rings. The van der Waals surface area contributed by atoms with Crippen LogP contribution in [0.4, 0.5) is 35.1 Å². The summed E-state index contributed by atoms with van der Waals surface area (Å²) in [6.45, 7) is 3.52. The van der Waals surface area contributed by atoms with E-state index < -0.39 is 90.9 Å². The van der Waals surface area contributed by atoms with Gasteiger partial charge in [0.25, 0.3) is 12.3 Å². The summed E-state index contributed by atoms with van der Waals surface area (Å²) >= 11 is 0. The SMILES string of the molecule is CC(C)n1ncnc1C(=O)N[C@H](c1nc2c(F)c([C@H](CC(F)F)C(=O)NC(F)C(F)F)ccc2[nH]1)C1CCC(F)(F)CC1. The molecule has 3 aromatic rings. The molecule has 0 bridgehead atoms. The van der Waals surface area contributed by atoms with E-state index in [0.29, 0.717) is 0 Å². The quantitative estimate of drug-likeness (QED) is 0.190. The first-order chi connectivity index (χ1) is 20.2. The second-order valence-electron chi connectivity index (χ2n) is 10.7. The van der Waals surface area contributed by atoms with E-state index in [1.165, 1.54) is 22.4 Å². The van der Waals surface area contributed by atoms with Crippen molar-refractivity contribution in [2.45, 2.75) is 89.0 Å². The first-order valence-corrected chi connectivity index (χ1v) is 13.5. The van der Waals surface area contributed by atoms with Crippen molar-refractivity contribution in [1.29, 1.82) is 0 Å². The van der Waals surface area contributed by atoms with E-state index in [2.05, 4.69) is 25.4 Å². The van der Waals surface area contributed by atoms with Gasteiger partial charge in [-0.3, -0.25) is 9.59 Å². The van der Waals surface area contributed by atoms with Gasteiger partial charge in [-0.15, -0.1) is 0 Å². The van der Waals surface area contributed by atoms with Crippen LogP contribution in [0.5, 0.6) is 0 Å². The average molecular weight is 624 g/mol. The van der Waals surface area contributed by atoms with Gasteiger partial charge in [-0.2, -0.15) is 5.10 Å². The number of H-pyrrole nitrogens is 1. The Labute approximate surface area is 239 Å². The number of hydrogen-bond acceptors (Lipinski definition) is 5. The number of nitrogens with zero attached hydrogens (tertiary/aromatic N) is 4. The molecule has 0 saturated heterocycles. The number of amides is 2. The van der Waals surface area contributed by atoms with Gasteiger partial charge in [0.1, 0.15) is 17.7 Å². The third kappa shape index (κ3) is 7.24. The summed E-state index contributed by atoms with van der Waals surface area (Å²) in [7, 11) is 0. The zero-order valence-corrected chi connectivity index (χ0v) is 22.9. The summed E-state index contributed by atoms with van der Waals surface area (Å²) < 4.78 is 110. The zero-order valence-electron chi connectivity index (χ0n) is 22.9. The van der Waals surface area contributed by atoms with Gasteiger partial charge < -0.3 is 15.6 Å². The van der Waals surface area contributed by atoms with E-state index in [-0.39, 0.29) is 36.0 Å². The largest absolute Gasteiger partial charge is 0.340 e. The predicted octanol–water partition coefficient (Wildman–Crippen LogP) is 5.59. The Balaban J connectivity index is 1.71. The number of nitrogens with one attached hydrogen (secondary N) is 3. The summed E-state index contributed by atoms with van der Waals surface area (Å²) in [6, 6.07) is 0.858. The molecule has 2 aromatic heterocycles. The van der Waals surface area contributed by atoms with E-state index in [0.717, 1.165) is 6.07 Å². The van der Waals surface area contributed by atoms with Gasteiger partial charge in [0.15, 0.2) is 5.82 Å². The van der Waals surface area contributed by atoms with Crippen LogP contribution in [-0.2, 0) is 4.79 Å². The molecule has 1 aromatic carbocycles. The van der Waals surface area contributed by atoms with Crippen molar-refractivity contribution < 1.29 is 44.7 Å². The second kappa shape index (κ2) is 12.8. The lowest BCUT2D eigenvalue weighted by Crippen LogP contribution is -2.40. The zero-order chi connectivity index (χ0) is 31.6. The monoisotopic (exact) mass is 623 g/mol. The number of hydrogen-bond donors (Lipinski definition) is 3. The molecule has 17 heteroatoms. The van der Waals surface area contributed by atoms with Gasteiger partial charge in [0, 0.05) is 30.9 Å². The minimum atomic E-state index is -3.64. The molecule has 236 valence electrons. The van der Waals surface area contributed by atoms with Gasteiger partial charge in [0.2, 0.25) is 30.4 Å². The Morgan fingerprint density at radius 1 is 1.09 bits per heavy atom. The Kier molecular flexibility index (Phi) is 9.59. The number of carbonyl (C=O) groups excluding carboxylic acids is 2. The van der Waals surface area contributed by atoms with Crippen LogP contribution in [0.15, 0.2) is 18.5 Å². The molecule has 2 amide bonds. The molecule has 1 aliphatic carbocycles. The third-order valence-corrected chi connectivity index (χ3v) is 7.33. The lowest BCUT2D eigenvalue weighted by atomic mass is 9.81. The lowest BCUT2D eigenvalue weighted by Gasteiger charge is -2.33. The van der Waals surface area contributed by atoms with Crippen LogP contribution in [0.25, 0.3) is 11.0 Å². The minimum Gasteiger partial charge on any atom is -0.340 e. The van der Waals surface area contributed by atoms with Crippen LogP contribution in [0.3, 0.4) is 0 Å². The van der Waals surface area contributed by atoms with Crippen LogP contribution >= 0.6 is 0 Å². The summed E-state index contributed by atoms with van der Waals surface area (Å²) in [6.07, 6.45) is -11.1. The summed E-state index contributed by atoms with van der Waals surface area (Å²) in [4.78, 5) is 36.6. The molecule has 3 atom stereocenters. The maximum absolute atomic E-state index is 15.7. The smallest absolute Gasteiger partial charge is 0.289 e. The van der Waals surface area contributed by atoms with Crippen LogP contribution in [0.2, 0.25) is 0 Å². The highest BCUT2D eigenvalue weighted by atomic mass is 19.3. The number of alkyl halides is 7. The molecule has 0 spiro atoms. The van der Waals surface area contributed by atoms with Gasteiger partial charge in [-0.25, -0.2) is 49.8 Å². The molecule has 9 nitrogen and oxygen atoms in total. The van der Waals surface area contributed by atoms with Crippen LogP contribution in [0.1, 0.15) is 86.0 Å². The van der Waals surface area contributed by atoms with Gasteiger partial charge in [-0.05, 0) is 38.7 Å².